The SMILES string of the molecule is CCCN1C(=O)C(C)(C)COc2cc(NC(=O)c3cc4cccc(OC)c4oc3=O)ccc21. The molecule has 33 heavy (non-hydrogen) atoms. The number of fused-ring (bicyclic) bond motifs is 2. The van der Waals surface area contributed by atoms with Crippen LogP contribution in [0, 0.1) is 5.41 Å². The van der Waals surface area contributed by atoms with Crippen molar-refractivity contribution in [1.29, 1.82) is 0 Å². The van der Waals surface area contributed by atoms with Crippen molar-refractivity contribution in [2.75, 3.05) is 30.5 Å². The van der Waals surface area contributed by atoms with Crippen LogP contribution >= 0.6 is 0 Å². The first-order valence-electron chi connectivity index (χ1n) is 10.8. The van der Waals surface area contributed by atoms with Gasteiger partial charge in [-0.05, 0) is 44.5 Å². The van der Waals surface area contributed by atoms with Gasteiger partial charge in [-0.2, -0.15) is 0 Å². The second-order valence-corrected chi connectivity index (χ2v) is 8.59. The zero-order valence-electron chi connectivity index (χ0n) is 19.1. The number of nitrogens with zero attached hydrogens (tertiary/aromatic N) is 1. The predicted octanol–water partition coefficient (Wildman–Crippen LogP) is 4.22. The van der Waals surface area contributed by atoms with Crippen molar-refractivity contribution in [2.45, 2.75) is 27.2 Å². The van der Waals surface area contributed by atoms with Crippen LogP contribution in [0.5, 0.6) is 11.5 Å². The van der Waals surface area contributed by atoms with Crippen LogP contribution in [0.25, 0.3) is 11.0 Å². The van der Waals surface area contributed by atoms with Gasteiger partial charge in [-0.1, -0.05) is 19.1 Å². The molecule has 0 spiro atoms. The number of methoxy groups -OCH3 is 1. The zero-order valence-corrected chi connectivity index (χ0v) is 19.1. The molecule has 0 bridgehead atoms. The number of para-hydroxylation sites is 1. The maximum atomic E-state index is 13.0. The first-order chi connectivity index (χ1) is 15.7. The molecular weight excluding hydrogens is 424 g/mol. The summed E-state index contributed by atoms with van der Waals surface area (Å²) in [5, 5.41) is 3.30. The Labute approximate surface area is 191 Å². The van der Waals surface area contributed by atoms with Crippen molar-refractivity contribution in [3.63, 3.8) is 0 Å². The molecule has 1 aromatic heterocycles. The molecule has 3 aromatic rings. The highest BCUT2D eigenvalue weighted by molar-refractivity contribution is 6.06. The summed E-state index contributed by atoms with van der Waals surface area (Å²) in [6.45, 7) is 6.48. The molecular formula is C25H26N2O6. The van der Waals surface area contributed by atoms with Crippen LogP contribution < -0.4 is 25.3 Å². The van der Waals surface area contributed by atoms with Crippen LogP contribution in [0.1, 0.15) is 37.6 Å². The lowest BCUT2D eigenvalue weighted by atomic mass is 9.93. The summed E-state index contributed by atoms with van der Waals surface area (Å²) in [5.74, 6) is 0.289. The van der Waals surface area contributed by atoms with Crippen molar-refractivity contribution in [1.82, 2.24) is 0 Å². The molecule has 0 atom stereocenters. The standard InChI is InChI=1S/C25H26N2O6/c1-5-11-27-18-10-9-16(13-20(18)32-14-25(2,3)24(27)30)26-22(28)17-12-15-7-6-8-19(31-4)21(15)33-23(17)29/h6-10,12-13H,5,11,14H2,1-4H3,(H,26,28). The molecule has 8 heteroatoms. The molecule has 1 aliphatic rings. The van der Waals surface area contributed by atoms with Crippen molar-refractivity contribution >= 4 is 34.2 Å². The molecule has 2 aromatic carbocycles. The Morgan fingerprint density at radius 1 is 1.18 bits per heavy atom. The number of benzene rings is 2. The molecule has 0 fully saturated rings. The smallest absolute Gasteiger partial charge is 0.349 e. The van der Waals surface area contributed by atoms with Gasteiger partial charge in [-0.3, -0.25) is 9.59 Å². The minimum absolute atomic E-state index is 0.0101. The minimum Gasteiger partial charge on any atom is -0.493 e. The zero-order chi connectivity index (χ0) is 23.8. The van der Waals surface area contributed by atoms with Crippen molar-refractivity contribution in [3.8, 4) is 11.5 Å². The number of ether oxygens (including phenoxy) is 2. The van der Waals surface area contributed by atoms with Gasteiger partial charge in [-0.15, -0.1) is 0 Å². The van der Waals surface area contributed by atoms with Gasteiger partial charge in [0.05, 0.1) is 18.2 Å². The summed E-state index contributed by atoms with van der Waals surface area (Å²) in [7, 11) is 1.48. The fraction of sp³-hybridized carbons (Fsp3) is 0.320. The third-order valence-corrected chi connectivity index (χ3v) is 5.56. The Balaban J connectivity index is 1.65. The van der Waals surface area contributed by atoms with E-state index in [1.54, 1.807) is 41.3 Å². The highest BCUT2D eigenvalue weighted by atomic mass is 16.5. The number of carbonyl (C=O) groups is 2. The van der Waals surface area contributed by atoms with E-state index in [2.05, 4.69) is 5.32 Å². The Hall–Kier alpha value is -3.81. The minimum atomic E-state index is -0.767. The lowest BCUT2D eigenvalue weighted by Crippen LogP contribution is -2.42. The number of anilines is 2. The molecule has 2 amide bonds. The van der Waals surface area contributed by atoms with Crippen LogP contribution in [-0.2, 0) is 4.79 Å². The molecule has 0 unspecified atom stereocenters. The largest absolute Gasteiger partial charge is 0.493 e. The summed E-state index contributed by atoms with van der Waals surface area (Å²) in [4.78, 5) is 40.1. The Kier molecular flexibility index (Phi) is 5.84. The van der Waals surface area contributed by atoms with E-state index in [-0.39, 0.29) is 23.7 Å². The second kappa shape index (κ2) is 8.61. The van der Waals surface area contributed by atoms with Gasteiger partial charge in [0.2, 0.25) is 5.91 Å². The maximum absolute atomic E-state index is 13.0. The molecule has 8 nitrogen and oxygen atoms in total. The third-order valence-electron chi connectivity index (χ3n) is 5.56. The molecule has 0 saturated carbocycles. The fourth-order valence-corrected chi connectivity index (χ4v) is 3.81. The Bertz CT molecular complexity index is 1290. The lowest BCUT2D eigenvalue weighted by molar-refractivity contribution is -0.127. The van der Waals surface area contributed by atoms with Crippen LogP contribution in [0.4, 0.5) is 11.4 Å². The van der Waals surface area contributed by atoms with Gasteiger partial charge in [0.25, 0.3) is 5.91 Å². The predicted molar refractivity (Wildman–Crippen MR) is 125 cm³/mol. The monoisotopic (exact) mass is 450 g/mol. The van der Waals surface area contributed by atoms with E-state index in [0.717, 1.165) is 6.42 Å². The lowest BCUT2D eigenvalue weighted by Gasteiger charge is -2.27. The number of hydrogen-bond acceptors (Lipinski definition) is 6. The number of nitrogens with one attached hydrogen (secondary N) is 1. The summed E-state index contributed by atoms with van der Waals surface area (Å²) in [6.07, 6.45) is 0.794. The van der Waals surface area contributed by atoms with E-state index in [1.807, 2.05) is 20.8 Å². The number of amides is 2. The molecule has 0 aliphatic carbocycles. The average Bonchev–Trinajstić information content (AvgIpc) is 2.88. The quantitative estimate of drug-likeness (QED) is 0.585. The van der Waals surface area contributed by atoms with E-state index in [9.17, 15) is 14.4 Å². The number of rotatable bonds is 5. The highest BCUT2D eigenvalue weighted by Crippen LogP contribution is 2.38. The summed E-state index contributed by atoms with van der Waals surface area (Å²) >= 11 is 0. The molecule has 0 radical (unpaired) electrons. The Morgan fingerprint density at radius 3 is 2.70 bits per heavy atom. The summed E-state index contributed by atoms with van der Waals surface area (Å²) in [5.41, 5.74) is -0.200. The van der Waals surface area contributed by atoms with E-state index < -0.39 is 16.9 Å². The number of hydrogen-bond donors (Lipinski definition) is 1. The maximum Gasteiger partial charge on any atom is 0.349 e. The van der Waals surface area contributed by atoms with Crippen molar-refractivity contribution in [2.24, 2.45) is 5.41 Å². The molecule has 0 saturated heterocycles. The number of carbonyl (C=O) groups excluding carboxylic acids is 2. The van der Waals surface area contributed by atoms with Crippen molar-refractivity contribution in [3.05, 3.63) is 58.4 Å². The van der Waals surface area contributed by atoms with Crippen LogP contribution in [0.15, 0.2) is 51.7 Å². The van der Waals surface area contributed by atoms with Crippen LogP contribution in [0.3, 0.4) is 0 Å². The molecule has 1 N–H and O–H groups in total. The summed E-state index contributed by atoms with van der Waals surface area (Å²) < 4.78 is 16.5. The van der Waals surface area contributed by atoms with Gasteiger partial charge >= 0.3 is 5.63 Å². The van der Waals surface area contributed by atoms with Gasteiger partial charge in [0.15, 0.2) is 11.3 Å². The first-order valence-corrected chi connectivity index (χ1v) is 10.8. The van der Waals surface area contributed by atoms with E-state index in [0.29, 0.717) is 34.8 Å². The van der Waals surface area contributed by atoms with Crippen LogP contribution in [0.2, 0.25) is 0 Å². The third kappa shape index (κ3) is 4.16. The van der Waals surface area contributed by atoms with Gasteiger partial charge in [0.1, 0.15) is 17.9 Å². The van der Waals surface area contributed by atoms with E-state index in [4.69, 9.17) is 13.9 Å². The van der Waals surface area contributed by atoms with E-state index in [1.165, 1.54) is 13.2 Å². The topological polar surface area (TPSA) is 98.1 Å². The molecule has 1 aliphatic heterocycles. The molecule has 172 valence electrons. The van der Waals surface area contributed by atoms with Gasteiger partial charge in [-0.25, -0.2) is 4.79 Å². The Morgan fingerprint density at radius 2 is 1.97 bits per heavy atom. The summed E-state index contributed by atoms with van der Waals surface area (Å²) in [6, 6.07) is 11.7. The van der Waals surface area contributed by atoms with E-state index >= 15 is 0 Å². The van der Waals surface area contributed by atoms with Crippen LogP contribution in [-0.4, -0.2) is 32.1 Å². The fourth-order valence-electron chi connectivity index (χ4n) is 3.81. The van der Waals surface area contributed by atoms with Crippen molar-refractivity contribution < 1.29 is 23.5 Å². The normalized spacial score (nSPS) is 14.9. The molecule has 4 rings (SSSR count). The van der Waals surface area contributed by atoms with Gasteiger partial charge in [0, 0.05) is 23.7 Å². The average molecular weight is 450 g/mol. The highest BCUT2D eigenvalue weighted by Gasteiger charge is 2.37. The first kappa shape index (κ1) is 22.4. The molecule has 2 heterocycles. The second-order valence-electron chi connectivity index (χ2n) is 8.59. The van der Waals surface area contributed by atoms with Gasteiger partial charge < -0.3 is 24.1 Å².